The van der Waals surface area contributed by atoms with Crippen molar-refractivity contribution < 1.29 is 31.5 Å². The Kier molecular flexibility index (Phi) is 4.25. The lowest BCUT2D eigenvalue weighted by Crippen LogP contribution is -2.15. The number of halogens is 6. The van der Waals surface area contributed by atoms with Crippen LogP contribution in [0.15, 0.2) is 10.7 Å². The number of ether oxygens (including phenoxy) is 1. The Morgan fingerprint density at radius 3 is 2.39 bits per heavy atom. The fourth-order valence-electron chi connectivity index (χ4n) is 1.19. The maximum Gasteiger partial charge on any atom is 0.419 e. The van der Waals surface area contributed by atoms with E-state index >= 15 is 0 Å². The summed E-state index contributed by atoms with van der Waals surface area (Å²) in [6.07, 6.45) is -8.41. The van der Waals surface area contributed by atoms with E-state index in [1.54, 1.807) is 0 Å². The van der Waals surface area contributed by atoms with E-state index in [-0.39, 0.29) is 0 Å². The highest BCUT2D eigenvalue weighted by atomic mass is 79.9. The summed E-state index contributed by atoms with van der Waals surface area (Å²) in [6.45, 7) is 0. The maximum atomic E-state index is 12.6. The third kappa shape index (κ3) is 2.95. The first-order chi connectivity index (χ1) is 8.18. The lowest BCUT2D eigenvalue weighted by Gasteiger charge is -2.14. The quantitative estimate of drug-likeness (QED) is 0.471. The van der Waals surface area contributed by atoms with Gasteiger partial charge in [-0.25, -0.2) is 18.6 Å². The summed E-state index contributed by atoms with van der Waals surface area (Å²) in [6, 6.07) is 0.365. The molecule has 0 aliphatic heterocycles. The van der Waals surface area contributed by atoms with Crippen LogP contribution < -0.4 is 0 Å². The van der Waals surface area contributed by atoms with Gasteiger partial charge < -0.3 is 4.74 Å². The first kappa shape index (κ1) is 14.8. The van der Waals surface area contributed by atoms with E-state index in [4.69, 9.17) is 0 Å². The Balaban J connectivity index is 3.51. The topological polar surface area (TPSA) is 39.2 Å². The number of carbonyl (C=O) groups excluding carboxylic acids is 1. The Morgan fingerprint density at radius 2 is 2.00 bits per heavy atom. The summed E-state index contributed by atoms with van der Waals surface area (Å²) in [5, 5.41) is 0. The normalized spacial score (nSPS) is 11.8. The predicted molar refractivity (Wildman–Crippen MR) is 53.2 cm³/mol. The highest BCUT2D eigenvalue weighted by Gasteiger charge is 2.39. The minimum Gasteiger partial charge on any atom is -0.464 e. The van der Waals surface area contributed by atoms with Gasteiger partial charge in [0.25, 0.3) is 6.43 Å². The van der Waals surface area contributed by atoms with Gasteiger partial charge in [-0.3, -0.25) is 0 Å². The maximum absolute atomic E-state index is 12.6. The molecule has 0 aromatic carbocycles. The van der Waals surface area contributed by atoms with Crippen LogP contribution in [0.2, 0.25) is 0 Å². The van der Waals surface area contributed by atoms with Crippen molar-refractivity contribution in [2.24, 2.45) is 0 Å². The van der Waals surface area contributed by atoms with Crippen LogP contribution in [0.25, 0.3) is 0 Å². The average Bonchev–Trinajstić information content (AvgIpc) is 2.24. The first-order valence-corrected chi connectivity index (χ1v) is 5.12. The van der Waals surface area contributed by atoms with Crippen molar-refractivity contribution in [2.45, 2.75) is 12.6 Å². The van der Waals surface area contributed by atoms with Crippen molar-refractivity contribution in [3.8, 4) is 0 Å². The summed E-state index contributed by atoms with van der Waals surface area (Å²) in [4.78, 5) is 14.3. The van der Waals surface area contributed by atoms with Gasteiger partial charge in [0.15, 0.2) is 0 Å². The Hall–Kier alpha value is -1.25. The van der Waals surface area contributed by atoms with Crippen molar-refractivity contribution in [2.75, 3.05) is 7.11 Å². The zero-order valence-corrected chi connectivity index (χ0v) is 10.3. The number of esters is 1. The van der Waals surface area contributed by atoms with Gasteiger partial charge in [0.05, 0.1) is 12.7 Å². The molecule has 0 saturated heterocycles. The minimum atomic E-state index is -5.01. The molecule has 100 valence electrons. The predicted octanol–water partition coefficient (Wildman–Crippen LogP) is 3.59. The second-order valence-electron chi connectivity index (χ2n) is 3.05. The molecule has 0 unspecified atom stereocenters. The first-order valence-electron chi connectivity index (χ1n) is 4.32. The van der Waals surface area contributed by atoms with Crippen molar-refractivity contribution in [3.63, 3.8) is 0 Å². The van der Waals surface area contributed by atoms with Gasteiger partial charge >= 0.3 is 12.1 Å². The van der Waals surface area contributed by atoms with E-state index in [1.165, 1.54) is 0 Å². The molecule has 1 rings (SSSR count). The zero-order valence-electron chi connectivity index (χ0n) is 8.69. The number of pyridine rings is 1. The highest BCUT2D eigenvalue weighted by Crippen LogP contribution is 2.40. The van der Waals surface area contributed by atoms with E-state index in [2.05, 4.69) is 25.7 Å². The molecule has 18 heavy (non-hydrogen) atoms. The van der Waals surface area contributed by atoms with Crippen LogP contribution in [0.4, 0.5) is 22.0 Å². The molecular weight excluding hydrogens is 329 g/mol. The van der Waals surface area contributed by atoms with E-state index in [1.807, 2.05) is 0 Å². The summed E-state index contributed by atoms with van der Waals surface area (Å²) >= 11 is 2.43. The van der Waals surface area contributed by atoms with Crippen LogP contribution in [0.1, 0.15) is 28.0 Å². The monoisotopic (exact) mass is 333 g/mol. The molecule has 1 aromatic rings. The van der Waals surface area contributed by atoms with E-state index in [9.17, 15) is 26.7 Å². The third-order valence-electron chi connectivity index (χ3n) is 1.92. The molecule has 0 spiro atoms. The Bertz CT molecular complexity index is 475. The largest absolute Gasteiger partial charge is 0.464 e. The second-order valence-corrected chi connectivity index (χ2v) is 3.80. The second kappa shape index (κ2) is 5.17. The van der Waals surface area contributed by atoms with E-state index in [0.717, 1.165) is 7.11 Å². The van der Waals surface area contributed by atoms with E-state index < -0.39 is 40.0 Å². The van der Waals surface area contributed by atoms with Crippen molar-refractivity contribution in [1.29, 1.82) is 0 Å². The molecule has 9 heteroatoms. The number of nitrogens with zero attached hydrogens (tertiary/aromatic N) is 1. The standard InChI is InChI=1S/C9H5BrF5NO2/c1-18-8(17)4-2-3(7(11)12)5(6(10)16-4)9(13,14)15/h2,7H,1H3. The molecule has 0 amide bonds. The highest BCUT2D eigenvalue weighted by molar-refractivity contribution is 9.10. The van der Waals surface area contributed by atoms with Crippen molar-refractivity contribution in [1.82, 2.24) is 4.98 Å². The summed E-state index contributed by atoms with van der Waals surface area (Å²) in [5.41, 5.74) is -3.57. The number of methoxy groups -OCH3 is 1. The van der Waals surface area contributed by atoms with Gasteiger partial charge in [0.2, 0.25) is 0 Å². The lowest BCUT2D eigenvalue weighted by atomic mass is 10.1. The van der Waals surface area contributed by atoms with Crippen LogP contribution in [-0.2, 0) is 10.9 Å². The van der Waals surface area contributed by atoms with E-state index in [0.29, 0.717) is 6.07 Å². The number of rotatable bonds is 2. The van der Waals surface area contributed by atoms with Crippen LogP contribution in [0.3, 0.4) is 0 Å². The average molecular weight is 334 g/mol. The molecule has 1 aromatic heterocycles. The zero-order chi connectivity index (χ0) is 14.1. The lowest BCUT2D eigenvalue weighted by molar-refractivity contribution is -0.140. The summed E-state index contributed by atoms with van der Waals surface area (Å²) in [7, 11) is 0.956. The van der Waals surface area contributed by atoms with Gasteiger partial charge in [0.1, 0.15) is 10.3 Å². The fraction of sp³-hybridized carbons (Fsp3) is 0.333. The van der Waals surface area contributed by atoms with Crippen LogP contribution in [0, 0.1) is 0 Å². The molecular formula is C9H5BrF5NO2. The van der Waals surface area contributed by atoms with Crippen LogP contribution in [-0.4, -0.2) is 18.1 Å². The molecule has 0 radical (unpaired) electrons. The molecule has 0 aliphatic carbocycles. The van der Waals surface area contributed by atoms with Crippen LogP contribution in [0.5, 0.6) is 0 Å². The van der Waals surface area contributed by atoms with Gasteiger partial charge in [-0.2, -0.15) is 13.2 Å². The van der Waals surface area contributed by atoms with Gasteiger partial charge in [-0.15, -0.1) is 0 Å². The SMILES string of the molecule is COC(=O)c1cc(C(F)F)c(C(F)(F)F)c(Br)n1. The Morgan fingerprint density at radius 1 is 1.44 bits per heavy atom. The molecule has 0 saturated carbocycles. The smallest absolute Gasteiger partial charge is 0.419 e. The van der Waals surface area contributed by atoms with Gasteiger partial charge in [-0.1, -0.05) is 0 Å². The molecule has 0 atom stereocenters. The molecule has 1 heterocycles. The third-order valence-corrected chi connectivity index (χ3v) is 2.49. The Labute approximate surface area is 106 Å². The number of aromatic nitrogens is 1. The van der Waals surface area contributed by atoms with Crippen LogP contribution >= 0.6 is 15.9 Å². The number of alkyl halides is 5. The van der Waals surface area contributed by atoms with Crippen molar-refractivity contribution in [3.05, 3.63) is 27.5 Å². The number of hydrogen-bond acceptors (Lipinski definition) is 3. The molecule has 0 bridgehead atoms. The molecule has 3 nitrogen and oxygen atoms in total. The van der Waals surface area contributed by atoms with Gasteiger partial charge in [-0.05, 0) is 22.0 Å². The van der Waals surface area contributed by atoms with Gasteiger partial charge in [0, 0.05) is 5.56 Å². The summed E-state index contributed by atoms with van der Waals surface area (Å²) < 4.78 is 66.2. The molecule has 0 aliphatic rings. The van der Waals surface area contributed by atoms with Crippen molar-refractivity contribution >= 4 is 21.9 Å². The summed E-state index contributed by atoms with van der Waals surface area (Å²) in [5.74, 6) is -1.11. The number of carbonyl (C=O) groups is 1. The molecule has 0 fully saturated rings. The number of hydrogen-bond donors (Lipinski definition) is 0. The fourth-order valence-corrected chi connectivity index (χ4v) is 1.84. The molecule has 0 N–H and O–H groups in total. The minimum absolute atomic E-state index is 0.365.